The van der Waals surface area contributed by atoms with E-state index in [9.17, 15) is 0 Å². The SMILES string of the molecule is Clc1cccc2c1N1CCCCC1CN2. The van der Waals surface area contributed by atoms with Crippen LogP contribution in [-0.2, 0) is 0 Å². The monoisotopic (exact) mass is 222 g/mol. The van der Waals surface area contributed by atoms with Crippen molar-refractivity contribution in [3.8, 4) is 0 Å². The number of piperidine rings is 1. The molecule has 2 heterocycles. The zero-order valence-corrected chi connectivity index (χ0v) is 9.43. The van der Waals surface area contributed by atoms with Crippen LogP contribution >= 0.6 is 11.6 Å². The van der Waals surface area contributed by atoms with E-state index in [4.69, 9.17) is 11.6 Å². The molecule has 3 heteroatoms. The molecule has 15 heavy (non-hydrogen) atoms. The molecule has 0 saturated carbocycles. The molecule has 0 bridgehead atoms. The van der Waals surface area contributed by atoms with Gasteiger partial charge < -0.3 is 10.2 Å². The Kier molecular flexibility index (Phi) is 2.24. The molecule has 1 aromatic carbocycles. The van der Waals surface area contributed by atoms with Crippen LogP contribution in [0, 0.1) is 0 Å². The van der Waals surface area contributed by atoms with Gasteiger partial charge in [-0.25, -0.2) is 0 Å². The fraction of sp³-hybridized carbons (Fsp3) is 0.500. The topological polar surface area (TPSA) is 15.3 Å². The zero-order valence-electron chi connectivity index (χ0n) is 8.67. The van der Waals surface area contributed by atoms with Crippen molar-refractivity contribution in [2.75, 3.05) is 23.3 Å². The van der Waals surface area contributed by atoms with Crippen molar-refractivity contribution in [2.45, 2.75) is 25.3 Å². The van der Waals surface area contributed by atoms with Crippen molar-refractivity contribution < 1.29 is 0 Å². The van der Waals surface area contributed by atoms with Gasteiger partial charge in [-0.1, -0.05) is 17.7 Å². The number of fused-ring (bicyclic) bond motifs is 3. The molecule has 1 atom stereocenters. The van der Waals surface area contributed by atoms with Crippen LogP contribution in [-0.4, -0.2) is 19.1 Å². The molecule has 1 unspecified atom stereocenters. The van der Waals surface area contributed by atoms with Crippen molar-refractivity contribution in [3.63, 3.8) is 0 Å². The molecular formula is C12H15ClN2. The van der Waals surface area contributed by atoms with Gasteiger partial charge in [0.1, 0.15) is 0 Å². The molecule has 0 radical (unpaired) electrons. The highest BCUT2D eigenvalue weighted by Crippen LogP contribution is 2.40. The Morgan fingerprint density at radius 3 is 3.20 bits per heavy atom. The Bertz CT molecular complexity index is 378. The Morgan fingerprint density at radius 1 is 1.33 bits per heavy atom. The highest BCUT2D eigenvalue weighted by Gasteiger charge is 2.29. The summed E-state index contributed by atoms with van der Waals surface area (Å²) in [5, 5.41) is 4.36. The van der Waals surface area contributed by atoms with Crippen LogP contribution in [0.15, 0.2) is 18.2 Å². The van der Waals surface area contributed by atoms with E-state index in [1.165, 1.54) is 30.6 Å². The second-order valence-electron chi connectivity index (χ2n) is 4.36. The van der Waals surface area contributed by atoms with Gasteiger partial charge in [0, 0.05) is 19.1 Å². The maximum Gasteiger partial charge on any atom is 0.0794 e. The van der Waals surface area contributed by atoms with Gasteiger partial charge in [-0.3, -0.25) is 0 Å². The van der Waals surface area contributed by atoms with Gasteiger partial charge in [0.05, 0.1) is 16.4 Å². The predicted molar refractivity (Wildman–Crippen MR) is 64.9 cm³/mol. The summed E-state index contributed by atoms with van der Waals surface area (Å²) in [5.74, 6) is 0. The molecule has 3 rings (SSSR count). The van der Waals surface area contributed by atoms with Crippen LogP contribution in [0.4, 0.5) is 11.4 Å². The first-order valence-corrected chi connectivity index (χ1v) is 6.03. The maximum absolute atomic E-state index is 6.28. The van der Waals surface area contributed by atoms with Crippen LogP contribution in [0.5, 0.6) is 0 Å². The molecule has 1 aromatic rings. The molecule has 2 aliphatic heterocycles. The molecule has 80 valence electrons. The van der Waals surface area contributed by atoms with Crippen LogP contribution in [0.2, 0.25) is 5.02 Å². The third-order valence-electron chi connectivity index (χ3n) is 3.43. The van der Waals surface area contributed by atoms with E-state index in [1.807, 2.05) is 12.1 Å². The Morgan fingerprint density at radius 2 is 2.27 bits per heavy atom. The number of benzene rings is 1. The first-order chi connectivity index (χ1) is 7.36. The maximum atomic E-state index is 6.28. The van der Waals surface area contributed by atoms with E-state index >= 15 is 0 Å². The minimum atomic E-state index is 0.645. The number of rotatable bonds is 0. The lowest BCUT2D eigenvalue weighted by atomic mass is 9.98. The second-order valence-corrected chi connectivity index (χ2v) is 4.77. The number of para-hydroxylation sites is 1. The highest BCUT2D eigenvalue weighted by atomic mass is 35.5. The Labute approximate surface area is 95.2 Å². The van der Waals surface area contributed by atoms with Crippen molar-refractivity contribution >= 4 is 23.0 Å². The average Bonchev–Trinajstić information content (AvgIpc) is 2.29. The van der Waals surface area contributed by atoms with Gasteiger partial charge in [0.2, 0.25) is 0 Å². The summed E-state index contributed by atoms with van der Waals surface area (Å²) in [7, 11) is 0. The molecule has 0 amide bonds. The van der Waals surface area contributed by atoms with Crippen molar-refractivity contribution in [3.05, 3.63) is 23.2 Å². The van der Waals surface area contributed by atoms with Crippen LogP contribution in [0.25, 0.3) is 0 Å². The minimum Gasteiger partial charge on any atom is -0.381 e. The number of halogens is 1. The third kappa shape index (κ3) is 1.48. The molecule has 2 aliphatic rings. The number of hydrogen-bond acceptors (Lipinski definition) is 2. The zero-order chi connectivity index (χ0) is 10.3. The van der Waals surface area contributed by atoms with Gasteiger partial charge >= 0.3 is 0 Å². The van der Waals surface area contributed by atoms with Crippen molar-refractivity contribution in [1.82, 2.24) is 0 Å². The normalized spacial score (nSPS) is 24.1. The van der Waals surface area contributed by atoms with Gasteiger partial charge in [-0.2, -0.15) is 0 Å². The van der Waals surface area contributed by atoms with Gasteiger partial charge in [-0.05, 0) is 31.4 Å². The fourth-order valence-electron chi connectivity index (χ4n) is 2.68. The summed E-state index contributed by atoms with van der Waals surface area (Å²) in [6.45, 7) is 2.22. The van der Waals surface area contributed by atoms with E-state index in [0.717, 1.165) is 18.1 Å². The number of nitrogens with one attached hydrogen (secondary N) is 1. The minimum absolute atomic E-state index is 0.645. The fourth-order valence-corrected chi connectivity index (χ4v) is 2.97. The van der Waals surface area contributed by atoms with Gasteiger partial charge in [0.25, 0.3) is 0 Å². The van der Waals surface area contributed by atoms with E-state index < -0.39 is 0 Å². The number of hydrogen-bond donors (Lipinski definition) is 1. The van der Waals surface area contributed by atoms with Crippen LogP contribution < -0.4 is 10.2 Å². The van der Waals surface area contributed by atoms with E-state index in [2.05, 4.69) is 16.3 Å². The first-order valence-electron chi connectivity index (χ1n) is 5.65. The summed E-state index contributed by atoms with van der Waals surface area (Å²) < 4.78 is 0. The molecule has 0 aromatic heterocycles. The summed E-state index contributed by atoms with van der Waals surface area (Å²) in [6.07, 6.45) is 3.93. The van der Waals surface area contributed by atoms with E-state index in [0.29, 0.717) is 6.04 Å². The number of nitrogens with zero attached hydrogens (tertiary/aromatic N) is 1. The molecule has 0 spiro atoms. The summed E-state index contributed by atoms with van der Waals surface area (Å²) in [4.78, 5) is 2.48. The average molecular weight is 223 g/mol. The summed E-state index contributed by atoms with van der Waals surface area (Å²) >= 11 is 6.28. The third-order valence-corrected chi connectivity index (χ3v) is 3.73. The van der Waals surface area contributed by atoms with Crippen molar-refractivity contribution in [1.29, 1.82) is 0 Å². The van der Waals surface area contributed by atoms with Crippen LogP contribution in [0.3, 0.4) is 0 Å². The van der Waals surface area contributed by atoms with E-state index in [1.54, 1.807) is 0 Å². The lowest BCUT2D eigenvalue weighted by Crippen LogP contribution is -2.47. The Hall–Kier alpha value is -0.890. The van der Waals surface area contributed by atoms with Crippen molar-refractivity contribution in [2.24, 2.45) is 0 Å². The summed E-state index contributed by atoms with van der Waals surface area (Å²) in [5.41, 5.74) is 2.41. The Balaban J connectivity index is 2.05. The highest BCUT2D eigenvalue weighted by molar-refractivity contribution is 6.34. The molecule has 0 aliphatic carbocycles. The quantitative estimate of drug-likeness (QED) is 0.726. The molecule has 1 N–H and O–H groups in total. The van der Waals surface area contributed by atoms with Gasteiger partial charge in [0.15, 0.2) is 0 Å². The molecule has 1 saturated heterocycles. The lowest BCUT2D eigenvalue weighted by molar-refractivity contribution is 0.466. The predicted octanol–water partition coefficient (Wildman–Crippen LogP) is 3.12. The first kappa shape index (κ1) is 9.34. The van der Waals surface area contributed by atoms with Gasteiger partial charge in [-0.15, -0.1) is 0 Å². The van der Waals surface area contributed by atoms with E-state index in [-0.39, 0.29) is 0 Å². The van der Waals surface area contributed by atoms with Crippen LogP contribution in [0.1, 0.15) is 19.3 Å². The molecular weight excluding hydrogens is 208 g/mol. The lowest BCUT2D eigenvalue weighted by Gasteiger charge is -2.42. The molecule has 2 nitrogen and oxygen atoms in total. The molecule has 1 fully saturated rings. The summed E-state index contributed by atoms with van der Waals surface area (Å²) in [6, 6.07) is 6.76. The second kappa shape index (κ2) is 3.60. The number of anilines is 2. The largest absolute Gasteiger partial charge is 0.381 e. The standard InChI is InChI=1S/C12H15ClN2/c13-10-5-3-6-11-12(10)15-7-2-1-4-9(15)8-14-11/h3,5-6,9,14H,1-2,4,7-8H2. The smallest absolute Gasteiger partial charge is 0.0794 e.